The smallest absolute Gasteiger partial charge is 0.253 e. The summed E-state index contributed by atoms with van der Waals surface area (Å²) in [6.07, 6.45) is 1.07. The number of rotatable bonds is 5. The first kappa shape index (κ1) is 17.1. The number of carbonyl (C=O) groups is 1. The van der Waals surface area contributed by atoms with Crippen LogP contribution in [0.15, 0.2) is 30.3 Å². The second kappa shape index (κ2) is 6.87. The molecule has 0 aliphatic rings. The Bertz CT molecular complexity index is 803. The number of nitrogens with one attached hydrogen (secondary N) is 2. The summed E-state index contributed by atoms with van der Waals surface area (Å²) in [4.78, 5) is 12.0. The molecule has 0 radical (unpaired) electrons. The average Bonchev–Trinajstić information content (AvgIpc) is 2.73. The van der Waals surface area contributed by atoms with Crippen molar-refractivity contribution in [3.8, 4) is 0 Å². The molecule has 0 saturated carbocycles. The predicted molar refractivity (Wildman–Crippen MR) is 90.4 cm³/mol. The minimum atomic E-state index is -3.34. The summed E-state index contributed by atoms with van der Waals surface area (Å²) in [5.74, 6) is -0.338. The highest BCUT2D eigenvalue weighted by Gasteiger charge is 2.13. The zero-order valence-electron chi connectivity index (χ0n) is 11.4. The van der Waals surface area contributed by atoms with Crippen LogP contribution < -0.4 is 10.0 Å². The monoisotopic (exact) mass is 378 g/mol. The van der Waals surface area contributed by atoms with E-state index in [1.54, 1.807) is 24.3 Å². The third-order valence-corrected chi connectivity index (χ3v) is 4.68. The number of carbonyl (C=O) groups excluding carboxylic acids is 1. The van der Waals surface area contributed by atoms with Crippen LogP contribution in [0.4, 0.5) is 5.69 Å². The van der Waals surface area contributed by atoms with Crippen LogP contribution in [0.3, 0.4) is 0 Å². The van der Waals surface area contributed by atoms with Gasteiger partial charge in [0, 0.05) is 12.2 Å². The molecule has 0 spiro atoms. The molecule has 1 heterocycles. The highest BCUT2D eigenvalue weighted by atomic mass is 35.5. The van der Waals surface area contributed by atoms with Crippen molar-refractivity contribution < 1.29 is 13.2 Å². The number of anilines is 1. The first-order valence-corrected chi connectivity index (χ1v) is 9.51. The number of benzene rings is 1. The molecule has 0 fully saturated rings. The topological polar surface area (TPSA) is 75.3 Å². The lowest BCUT2D eigenvalue weighted by Gasteiger charge is -2.08. The SMILES string of the molecule is CS(=O)(=O)Nc1cccc(CNC(=O)c2cc(Cl)sc2Cl)c1. The van der Waals surface area contributed by atoms with E-state index in [-0.39, 0.29) is 12.5 Å². The lowest BCUT2D eigenvalue weighted by atomic mass is 10.2. The zero-order chi connectivity index (χ0) is 16.3. The third kappa shape index (κ3) is 4.88. The van der Waals surface area contributed by atoms with Gasteiger partial charge in [-0.3, -0.25) is 9.52 Å². The van der Waals surface area contributed by atoms with Crippen LogP contribution in [0, 0.1) is 0 Å². The van der Waals surface area contributed by atoms with Crippen LogP contribution in [0.2, 0.25) is 8.67 Å². The average molecular weight is 379 g/mol. The molecular weight excluding hydrogens is 367 g/mol. The number of thiophene rings is 1. The lowest BCUT2D eigenvalue weighted by molar-refractivity contribution is 0.0951. The molecule has 2 aromatic rings. The van der Waals surface area contributed by atoms with Gasteiger partial charge in [0.05, 0.1) is 16.2 Å². The third-order valence-electron chi connectivity index (χ3n) is 2.58. The van der Waals surface area contributed by atoms with Crippen molar-refractivity contribution in [2.24, 2.45) is 0 Å². The first-order chi connectivity index (χ1) is 10.2. The molecule has 1 amide bonds. The number of hydrogen-bond donors (Lipinski definition) is 2. The van der Waals surface area contributed by atoms with Crippen molar-refractivity contribution in [1.82, 2.24) is 5.32 Å². The summed E-state index contributed by atoms with van der Waals surface area (Å²) in [6.45, 7) is 0.238. The molecule has 1 aromatic carbocycles. The molecule has 0 atom stereocenters. The molecule has 0 bridgehead atoms. The van der Waals surface area contributed by atoms with Gasteiger partial charge in [-0.2, -0.15) is 0 Å². The van der Waals surface area contributed by atoms with Crippen molar-refractivity contribution in [3.63, 3.8) is 0 Å². The van der Waals surface area contributed by atoms with Crippen molar-refractivity contribution in [1.29, 1.82) is 0 Å². The van der Waals surface area contributed by atoms with E-state index in [0.29, 0.717) is 19.9 Å². The standard InChI is InChI=1S/C13H12Cl2N2O3S2/c1-22(19,20)17-9-4-2-3-8(5-9)7-16-13(18)10-6-11(14)21-12(10)15/h2-6,17H,7H2,1H3,(H,16,18). The Kier molecular flexibility index (Phi) is 5.33. The molecule has 118 valence electrons. The summed E-state index contributed by atoms with van der Waals surface area (Å²) in [6, 6.07) is 8.25. The van der Waals surface area contributed by atoms with Crippen LogP contribution in [0.5, 0.6) is 0 Å². The maximum atomic E-state index is 12.0. The van der Waals surface area contributed by atoms with Gasteiger partial charge in [-0.1, -0.05) is 35.3 Å². The quantitative estimate of drug-likeness (QED) is 0.837. The summed E-state index contributed by atoms with van der Waals surface area (Å²) < 4.78 is 25.5. The van der Waals surface area contributed by atoms with Gasteiger partial charge < -0.3 is 5.32 Å². The van der Waals surface area contributed by atoms with Gasteiger partial charge in [0.15, 0.2) is 0 Å². The van der Waals surface area contributed by atoms with Crippen molar-refractivity contribution in [3.05, 3.63) is 50.1 Å². The van der Waals surface area contributed by atoms with Gasteiger partial charge in [-0.15, -0.1) is 11.3 Å². The molecule has 0 unspecified atom stereocenters. The van der Waals surface area contributed by atoms with Gasteiger partial charge in [0.1, 0.15) is 4.34 Å². The van der Waals surface area contributed by atoms with E-state index >= 15 is 0 Å². The fourth-order valence-electron chi connectivity index (χ4n) is 1.73. The van der Waals surface area contributed by atoms with Crippen molar-refractivity contribution in [2.45, 2.75) is 6.54 Å². The normalized spacial score (nSPS) is 11.2. The summed E-state index contributed by atoms with van der Waals surface area (Å²) in [5.41, 5.74) is 1.51. The predicted octanol–water partition coefficient (Wildman–Crippen LogP) is 3.36. The number of sulfonamides is 1. The lowest BCUT2D eigenvalue weighted by Crippen LogP contribution is -2.22. The minimum absolute atomic E-state index is 0.238. The first-order valence-electron chi connectivity index (χ1n) is 6.04. The summed E-state index contributed by atoms with van der Waals surface area (Å²) >= 11 is 12.8. The van der Waals surface area contributed by atoms with Gasteiger partial charge >= 0.3 is 0 Å². The second-order valence-corrected chi connectivity index (χ2v) is 8.53. The number of hydrogen-bond acceptors (Lipinski definition) is 4. The Hall–Kier alpha value is -1.28. The number of halogens is 2. The maximum Gasteiger partial charge on any atom is 0.253 e. The highest BCUT2D eigenvalue weighted by Crippen LogP contribution is 2.31. The van der Waals surface area contributed by atoms with Crippen LogP contribution in [-0.2, 0) is 16.6 Å². The van der Waals surface area contributed by atoms with Crippen molar-refractivity contribution >= 4 is 56.2 Å². The molecule has 22 heavy (non-hydrogen) atoms. The van der Waals surface area contributed by atoms with E-state index in [4.69, 9.17) is 23.2 Å². The Labute approximate surface area is 142 Å². The Balaban J connectivity index is 2.04. The Morgan fingerprint density at radius 1 is 1.27 bits per heavy atom. The van der Waals surface area contributed by atoms with E-state index in [9.17, 15) is 13.2 Å². The van der Waals surface area contributed by atoms with Gasteiger partial charge in [-0.05, 0) is 23.8 Å². The second-order valence-electron chi connectivity index (χ2n) is 4.50. The molecule has 2 rings (SSSR count). The number of amides is 1. The maximum absolute atomic E-state index is 12.0. The van der Waals surface area contributed by atoms with E-state index in [0.717, 1.165) is 23.2 Å². The van der Waals surface area contributed by atoms with Crippen LogP contribution in [0.25, 0.3) is 0 Å². The Morgan fingerprint density at radius 2 is 2.00 bits per heavy atom. The fourth-order valence-corrected chi connectivity index (χ4v) is 3.74. The highest BCUT2D eigenvalue weighted by molar-refractivity contribution is 7.92. The molecule has 1 aromatic heterocycles. The van der Waals surface area contributed by atoms with E-state index in [1.165, 1.54) is 6.07 Å². The van der Waals surface area contributed by atoms with Crippen LogP contribution in [0.1, 0.15) is 15.9 Å². The summed E-state index contributed by atoms with van der Waals surface area (Å²) in [5, 5.41) is 2.71. The van der Waals surface area contributed by atoms with Gasteiger partial charge in [-0.25, -0.2) is 8.42 Å². The van der Waals surface area contributed by atoms with E-state index < -0.39 is 10.0 Å². The van der Waals surface area contributed by atoms with Crippen LogP contribution >= 0.6 is 34.5 Å². The van der Waals surface area contributed by atoms with E-state index in [2.05, 4.69) is 10.0 Å². The summed E-state index contributed by atoms with van der Waals surface area (Å²) in [7, 11) is -3.34. The molecule has 2 N–H and O–H groups in total. The minimum Gasteiger partial charge on any atom is -0.348 e. The zero-order valence-corrected chi connectivity index (χ0v) is 14.5. The molecule has 5 nitrogen and oxygen atoms in total. The van der Waals surface area contributed by atoms with Crippen molar-refractivity contribution in [2.75, 3.05) is 11.0 Å². The fraction of sp³-hybridized carbons (Fsp3) is 0.154. The largest absolute Gasteiger partial charge is 0.348 e. The molecular formula is C13H12Cl2N2O3S2. The molecule has 0 aliphatic heterocycles. The molecule has 0 saturated heterocycles. The molecule has 0 aliphatic carbocycles. The van der Waals surface area contributed by atoms with Gasteiger partial charge in [0.2, 0.25) is 10.0 Å². The van der Waals surface area contributed by atoms with Gasteiger partial charge in [0.25, 0.3) is 5.91 Å². The molecule has 9 heteroatoms. The van der Waals surface area contributed by atoms with E-state index in [1.807, 2.05) is 0 Å². The van der Waals surface area contributed by atoms with Crippen LogP contribution in [-0.4, -0.2) is 20.6 Å². The Morgan fingerprint density at radius 3 is 2.59 bits per heavy atom.